The molecular formula is C46H84NO7P. The van der Waals surface area contributed by atoms with Gasteiger partial charge in [-0.1, -0.05) is 164 Å². The maximum absolute atomic E-state index is 12.7. The summed E-state index contributed by atoms with van der Waals surface area (Å²) in [6, 6.07) is 0. The Morgan fingerprint density at radius 2 is 1.05 bits per heavy atom. The molecule has 55 heavy (non-hydrogen) atoms. The van der Waals surface area contributed by atoms with Crippen LogP contribution in [0.3, 0.4) is 0 Å². The van der Waals surface area contributed by atoms with E-state index in [1.54, 1.807) is 0 Å². The SMILES string of the molecule is CC/C=C\C/C=C\C/C=C\C/C=C\C/C=C\CCCCCC(=O)OC(COCCCCCCCCCCCCCCCC)COP(=O)([O-])OCC[N+](C)(C)C. The Balaban J connectivity index is 4.31. The molecule has 0 rings (SSSR count). The number of hydrogen-bond donors (Lipinski definition) is 0. The standard InChI is InChI=1S/C46H84NO7P/c1-6-8-10-12-14-16-18-20-22-23-24-25-26-27-29-31-33-35-37-39-46(48)54-45(44-53-55(49,50)52-42-40-47(3,4)5)43-51-41-38-36-34-32-30-28-21-19-17-15-13-11-9-7-2/h8,10,14,16,20,22,24-25,27,29,45H,6-7,9,11-13,15,17-19,21,23,26,28,30-44H2,1-5H3/b10-8-,16-14-,22-20-,25-24-,29-27-. The molecule has 2 unspecified atom stereocenters. The molecule has 0 bridgehead atoms. The van der Waals surface area contributed by atoms with Crippen molar-refractivity contribution in [3.63, 3.8) is 0 Å². The maximum Gasteiger partial charge on any atom is 0.306 e. The number of allylic oxidation sites excluding steroid dienone is 10. The first-order valence-corrected chi connectivity index (χ1v) is 23.5. The monoisotopic (exact) mass is 794 g/mol. The summed E-state index contributed by atoms with van der Waals surface area (Å²) in [6.45, 7) is 5.25. The van der Waals surface area contributed by atoms with Gasteiger partial charge in [-0.05, 0) is 57.8 Å². The minimum absolute atomic E-state index is 0.0178. The fourth-order valence-electron chi connectivity index (χ4n) is 5.69. The highest BCUT2D eigenvalue weighted by Gasteiger charge is 2.20. The van der Waals surface area contributed by atoms with Crippen molar-refractivity contribution in [3.05, 3.63) is 60.8 Å². The van der Waals surface area contributed by atoms with Gasteiger partial charge >= 0.3 is 5.97 Å². The molecule has 0 aromatic carbocycles. The van der Waals surface area contributed by atoms with Crippen LogP contribution in [0.5, 0.6) is 0 Å². The van der Waals surface area contributed by atoms with Gasteiger partial charge in [0.15, 0.2) is 0 Å². The lowest BCUT2D eigenvalue weighted by molar-refractivity contribution is -0.870. The molecule has 9 heteroatoms. The Kier molecular flexibility index (Phi) is 37.8. The summed E-state index contributed by atoms with van der Waals surface area (Å²) >= 11 is 0. The number of quaternary nitrogens is 1. The van der Waals surface area contributed by atoms with Gasteiger partial charge in [-0.2, -0.15) is 0 Å². The second-order valence-electron chi connectivity index (χ2n) is 15.7. The van der Waals surface area contributed by atoms with Crippen molar-refractivity contribution in [2.75, 3.05) is 54.1 Å². The number of ether oxygens (including phenoxy) is 2. The van der Waals surface area contributed by atoms with E-state index in [4.69, 9.17) is 18.5 Å². The molecule has 0 heterocycles. The summed E-state index contributed by atoms with van der Waals surface area (Å²) in [6.07, 6.45) is 48.0. The normalized spacial score (nSPS) is 14.4. The fourth-order valence-corrected chi connectivity index (χ4v) is 6.42. The summed E-state index contributed by atoms with van der Waals surface area (Å²) in [5.41, 5.74) is 0. The van der Waals surface area contributed by atoms with Crippen LogP contribution in [0.2, 0.25) is 0 Å². The number of phosphoric acid groups is 1. The van der Waals surface area contributed by atoms with Gasteiger partial charge in [0.1, 0.15) is 19.3 Å². The van der Waals surface area contributed by atoms with E-state index < -0.39 is 13.9 Å². The molecule has 8 nitrogen and oxygen atoms in total. The Bertz CT molecular complexity index is 1060. The highest BCUT2D eigenvalue weighted by Crippen LogP contribution is 2.38. The zero-order chi connectivity index (χ0) is 40.6. The number of likely N-dealkylation sites (N-methyl/N-ethyl adjacent to an activating group) is 1. The summed E-state index contributed by atoms with van der Waals surface area (Å²) in [7, 11) is 1.33. The fraction of sp³-hybridized carbons (Fsp3) is 0.761. The molecule has 2 atom stereocenters. The minimum atomic E-state index is -4.53. The Morgan fingerprint density at radius 1 is 0.582 bits per heavy atom. The molecule has 0 amide bonds. The van der Waals surface area contributed by atoms with Crippen molar-refractivity contribution >= 4 is 13.8 Å². The average Bonchev–Trinajstić information content (AvgIpc) is 3.13. The summed E-state index contributed by atoms with van der Waals surface area (Å²) in [5, 5.41) is 0. The molecule has 0 spiro atoms. The molecule has 0 aliphatic rings. The van der Waals surface area contributed by atoms with Crippen LogP contribution in [0, 0.1) is 0 Å². The molecule has 320 valence electrons. The molecule has 0 saturated carbocycles. The van der Waals surface area contributed by atoms with Crippen LogP contribution in [0.1, 0.15) is 168 Å². The zero-order valence-electron chi connectivity index (χ0n) is 36.1. The van der Waals surface area contributed by atoms with Gasteiger partial charge in [0, 0.05) is 13.0 Å². The van der Waals surface area contributed by atoms with Crippen molar-refractivity contribution in [2.45, 2.75) is 174 Å². The lowest BCUT2D eigenvalue weighted by Crippen LogP contribution is -2.37. The first kappa shape index (κ1) is 53.2. The Hall–Kier alpha value is -1.80. The summed E-state index contributed by atoms with van der Waals surface area (Å²) < 4.78 is 34.5. The third-order valence-corrected chi connectivity index (χ3v) is 10.0. The molecule has 0 fully saturated rings. The second kappa shape index (κ2) is 39.0. The molecule has 0 aromatic heterocycles. The number of esters is 1. The Morgan fingerprint density at radius 3 is 1.56 bits per heavy atom. The van der Waals surface area contributed by atoms with Crippen LogP contribution in [0.4, 0.5) is 0 Å². The third kappa shape index (κ3) is 43.2. The molecule has 0 aromatic rings. The van der Waals surface area contributed by atoms with Gasteiger partial charge < -0.3 is 27.9 Å². The van der Waals surface area contributed by atoms with Gasteiger partial charge in [-0.3, -0.25) is 9.36 Å². The van der Waals surface area contributed by atoms with E-state index in [1.165, 1.54) is 77.0 Å². The topological polar surface area (TPSA) is 94.1 Å². The van der Waals surface area contributed by atoms with Crippen LogP contribution in [0.25, 0.3) is 0 Å². The van der Waals surface area contributed by atoms with Crippen molar-refractivity contribution in [1.82, 2.24) is 0 Å². The Labute approximate surface area is 339 Å². The van der Waals surface area contributed by atoms with Crippen LogP contribution >= 0.6 is 7.82 Å². The number of unbranched alkanes of at least 4 members (excludes halogenated alkanes) is 16. The van der Waals surface area contributed by atoms with Crippen molar-refractivity contribution in [1.29, 1.82) is 0 Å². The van der Waals surface area contributed by atoms with E-state index in [0.717, 1.165) is 64.2 Å². The lowest BCUT2D eigenvalue weighted by Gasteiger charge is -2.28. The zero-order valence-corrected chi connectivity index (χ0v) is 37.0. The van der Waals surface area contributed by atoms with Gasteiger partial charge in [-0.15, -0.1) is 0 Å². The molecular weight excluding hydrogens is 709 g/mol. The first-order chi connectivity index (χ1) is 26.6. The molecule has 0 aliphatic carbocycles. The maximum atomic E-state index is 12.7. The summed E-state index contributed by atoms with van der Waals surface area (Å²) in [5.74, 6) is -0.366. The number of rotatable bonds is 40. The third-order valence-electron chi connectivity index (χ3n) is 9.08. The predicted octanol–water partition coefficient (Wildman–Crippen LogP) is 12.3. The predicted molar refractivity (Wildman–Crippen MR) is 231 cm³/mol. The number of carbonyl (C=O) groups is 1. The van der Waals surface area contributed by atoms with Crippen LogP contribution in [0.15, 0.2) is 60.8 Å². The van der Waals surface area contributed by atoms with Crippen LogP contribution < -0.4 is 4.89 Å². The van der Waals surface area contributed by atoms with Crippen molar-refractivity contribution in [3.8, 4) is 0 Å². The van der Waals surface area contributed by atoms with Gasteiger partial charge in [-0.25, -0.2) is 0 Å². The first-order valence-electron chi connectivity index (χ1n) is 22.0. The van der Waals surface area contributed by atoms with E-state index in [0.29, 0.717) is 24.1 Å². The average molecular weight is 794 g/mol. The quantitative estimate of drug-likeness (QED) is 0.0200. The smallest absolute Gasteiger partial charge is 0.306 e. The van der Waals surface area contributed by atoms with E-state index in [9.17, 15) is 14.3 Å². The summed E-state index contributed by atoms with van der Waals surface area (Å²) in [4.78, 5) is 25.0. The van der Waals surface area contributed by atoms with Gasteiger partial charge in [0.25, 0.3) is 7.82 Å². The van der Waals surface area contributed by atoms with Crippen LogP contribution in [-0.4, -0.2) is 70.7 Å². The number of hydrogen-bond acceptors (Lipinski definition) is 7. The van der Waals surface area contributed by atoms with Crippen LogP contribution in [-0.2, 0) is 27.9 Å². The molecule has 0 aliphatic heterocycles. The molecule has 0 saturated heterocycles. The number of phosphoric ester groups is 1. The highest BCUT2D eigenvalue weighted by molar-refractivity contribution is 7.45. The van der Waals surface area contributed by atoms with E-state index in [1.807, 2.05) is 21.1 Å². The highest BCUT2D eigenvalue weighted by atomic mass is 31.2. The number of nitrogens with zero attached hydrogens (tertiary/aromatic N) is 1. The van der Waals surface area contributed by atoms with Crippen molar-refractivity contribution in [2.24, 2.45) is 0 Å². The molecule has 0 radical (unpaired) electrons. The van der Waals surface area contributed by atoms with E-state index in [2.05, 4.69) is 74.6 Å². The van der Waals surface area contributed by atoms with Crippen molar-refractivity contribution < 1.29 is 37.3 Å². The van der Waals surface area contributed by atoms with E-state index >= 15 is 0 Å². The largest absolute Gasteiger partial charge is 0.756 e. The second-order valence-corrected chi connectivity index (χ2v) is 17.1. The van der Waals surface area contributed by atoms with Gasteiger partial charge in [0.05, 0.1) is 34.4 Å². The van der Waals surface area contributed by atoms with Gasteiger partial charge in [0.2, 0.25) is 0 Å². The molecule has 0 N–H and O–H groups in total. The lowest BCUT2D eigenvalue weighted by atomic mass is 10.0. The van der Waals surface area contributed by atoms with E-state index in [-0.39, 0.29) is 32.2 Å². The number of carbonyl (C=O) groups excluding carboxylic acids is 1. The minimum Gasteiger partial charge on any atom is -0.756 e.